The Morgan fingerprint density at radius 3 is 2.95 bits per heavy atom. The average Bonchev–Trinajstić information content (AvgIpc) is 3.18. The fraction of sp³-hybridized carbons (Fsp3) is 0.385. The third kappa shape index (κ3) is 2.69. The first-order valence-corrected chi connectivity index (χ1v) is 8.44. The summed E-state index contributed by atoms with van der Waals surface area (Å²) in [7, 11) is -2.27. The topological polar surface area (TPSA) is 85.5 Å². The fourth-order valence-corrected chi connectivity index (χ4v) is 4.43. The van der Waals surface area contributed by atoms with Crippen LogP contribution in [0.25, 0.3) is 0 Å². The summed E-state index contributed by atoms with van der Waals surface area (Å²) in [6, 6.07) is 4.53. The lowest BCUT2D eigenvalue weighted by Crippen LogP contribution is -2.29. The van der Waals surface area contributed by atoms with Crippen LogP contribution >= 0.6 is 11.6 Å². The van der Waals surface area contributed by atoms with Crippen LogP contribution < -0.4 is 4.74 Å². The minimum atomic E-state index is -3.69. The van der Waals surface area contributed by atoms with Crippen molar-refractivity contribution in [1.82, 2.24) is 14.4 Å². The first-order chi connectivity index (χ1) is 10.5. The van der Waals surface area contributed by atoms with Gasteiger partial charge in [-0.15, -0.1) is 0 Å². The van der Waals surface area contributed by atoms with Gasteiger partial charge in [-0.05, 0) is 24.6 Å². The molecule has 1 atom stereocenters. The molecule has 0 radical (unpaired) electrons. The Morgan fingerprint density at radius 2 is 2.27 bits per heavy atom. The second-order valence-electron chi connectivity index (χ2n) is 4.93. The van der Waals surface area contributed by atoms with Gasteiger partial charge in [-0.3, -0.25) is 0 Å². The molecule has 0 spiro atoms. The van der Waals surface area contributed by atoms with E-state index < -0.39 is 10.0 Å². The van der Waals surface area contributed by atoms with Crippen LogP contribution in [0.5, 0.6) is 5.75 Å². The Morgan fingerprint density at radius 1 is 1.45 bits per heavy atom. The SMILES string of the molecule is COc1ccc(Cl)cc1S(=O)(=O)N1CC[C@@H](c2ncon2)C1. The number of methoxy groups -OCH3 is 1. The van der Waals surface area contributed by atoms with E-state index in [-0.39, 0.29) is 16.6 Å². The molecule has 7 nitrogen and oxygen atoms in total. The number of sulfonamides is 1. The number of hydrogen-bond donors (Lipinski definition) is 0. The first-order valence-electron chi connectivity index (χ1n) is 6.62. The number of rotatable bonds is 4. The molecule has 0 amide bonds. The van der Waals surface area contributed by atoms with E-state index in [1.807, 2.05) is 0 Å². The molecule has 0 N–H and O–H groups in total. The molecule has 1 aromatic carbocycles. The number of nitrogens with zero attached hydrogens (tertiary/aromatic N) is 3. The van der Waals surface area contributed by atoms with Crippen molar-refractivity contribution in [2.45, 2.75) is 17.2 Å². The van der Waals surface area contributed by atoms with Gasteiger partial charge in [0.2, 0.25) is 16.4 Å². The molecule has 0 bridgehead atoms. The standard InChI is InChI=1S/C13H14ClN3O4S/c1-20-11-3-2-10(14)6-12(11)22(18,19)17-5-4-9(7-17)13-15-8-21-16-13/h2-3,6,8-9H,4-5,7H2,1H3/t9-/m1/s1. The van der Waals surface area contributed by atoms with Gasteiger partial charge in [-0.1, -0.05) is 16.8 Å². The van der Waals surface area contributed by atoms with Crippen molar-refractivity contribution >= 4 is 21.6 Å². The second-order valence-corrected chi connectivity index (χ2v) is 7.28. The van der Waals surface area contributed by atoms with Gasteiger partial charge in [0.05, 0.1) is 7.11 Å². The van der Waals surface area contributed by atoms with E-state index in [0.29, 0.717) is 30.4 Å². The lowest BCUT2D eigenvalue weighted by Gasteiger charge is -2.18. The van der Waals surface area contributed by atoms with Crippen molar-refractivity contribution in [3.8, 4) is 5.75 Å². The van der Waals surface area contributed by atoms with Crippen molar-refractivity contribution in [3.05, 3.63) is 35.4 Å². The maximum absolute atomic E-state index is 12.8. The molecule has 1 aliphatic heterocycles. The van der Waals surface area contributed by atoms with Gasteiger partial charge in [-0.2, -0.15) is 9.29 Å². The molecule has 1 aromatic heterocycles. The Kier molecular flexibility index (Phi) is 4.07. The van der Waals surface area contributed by atoms with Crippen LogP contribution in [-0.2, 0) is 10.0 Å². The largest absolute Gasteiger partial charge is 0.495 e. The zero-order valence-corrected chi connectivity index (χ0v) is 13.3. The minimum Gasteiger partial charge on any atom is -0.495 e. The molecule has 2 aromatic rings. The van der Waals surface area contributed by atoms with Gasteiger partial charge in [0.25, 0.3) is 0 Å². The van der Waals surface area contributed by atoms with E-state index >= 15 is 0 Å². The third-order valence-corrected chi connectivity index (χ3v) is 5.76. The van der Waals surface area contributed by atoms with Crippen molar-refractivity contribution in [3.63, 3.8) is 0 Å². The van der Waals surface area contributed by atoms with E-state index in [1.54, 1.807) is 12.1 Å². The van der Waals surface area contributed by atoms with E-state index in [1.165, 1.54) is 23.9 Å². The van der Waals surface area contributed by atoms with E-state index in [2.05, 4.69) is 10.1 Å². The van der Waals surface area contributed by atoms with Crippen LogP contribution in [0.3, 0.4) is 0 Å². The molecular weight excluding hydrogens is 330 g/mol. The van der Waals surface area contributed by atoms with Crippen molar-refractivity contribution in [2.75, 3.05) is 20.2 Å². The van der Waals surface area contributed by atoms with Crippen molar-refractivity contribution < 1.29 is 17.7 Å². The molecule has 2 heterocycles. The summed E-state index contributed by atoms with van der Waals surface area (Å²) in [5.41, 5.74) is 0. The molecule has 1 aliphatic rings. The first kappa shape index (κ1) is 15.3. The predicted octanol–water partition coefficient (Wildman–Crippen LogP) is 1.91. The van der Waals surface area contributed by atoms with E-state index in [9.17, 15) is 8.42 Å². The van der Waals surface area contributed by atoms with Crippen LogP contribution in [0.2, 0.25) is 5.02 Å². The van der Waals surface area contributed by atoms with Crippen LogP contribution in [0.1, 0.15) is 18.2 Å². The van der Waals surface area contributed by atoms with E-state index in [0.717, 1.165) is 0 Å². The molecule has 3 rings (SSSR count). The highest BCUT2D eigenvalue weighted by molar-refractivity contribution is 7.89. The Hall–Kier alpha value is -1.64. The lowest BCUT2D eigenvalue weighted by atomic mass is 10.1. The maximum atomic E-state index is 12.8. The van der Waals surface area contributed by atoms with Crippen LogP contribution in [0.15, 0.2) is 34.0 Å². The highest BCUT2D eigenvalue weighted by Crippen LogP contribution is 2.34. The lowest BCUT2D eigenvalue weighted by molar-refractivity contribution is 0.396. The predicted molar refractivity (Wildman–Crippen MR) is 78.4 cm³/mol. The summed E-state index contributed by atoms with van der Waals surface area (Å²) in [5, 5.41) is 4.12. The second kappa shape index (κ2) is 5.86. The van der Waals surface area contributed by atoms with Gasteiger partial charge in [-0.25, -0.2) is 8.42 Å². The Labute approximate surface area is 132 Å². The number of hydrogen-bond acceptors (Lipinski definition) is 6. The number of ether oxygens (including phenoxy) is 1. The Bertz CT molecular complexity index is 764. The zero-order chi connectivity index (χ0) is 15.7. The quantitative estimate of drug-likeness (QED) is 0.843. The Balaban J connectivity index is 1.90. The normalized spacial score (nSPS) is 19.5. The van der Waals surface area contributed by atoms with E-state index in [4.69, 9.17) is 20.9 Å². The van der Waals surface area contributed by atoms with Gasteiger partial charge < -0.3 is 9.26 Å². The molecule has 1 fully saturated rings. The van der Waals surface area contributed by atoms with Crippen LogP contribution in [0, 0.1) is 0 Å². The molecule has 22 heavy (non-hydrogen) atoms. The zero-order valence-electron chi connectivity index (χ0n) is 11.8. The molecule has 118 valence electrons. The van der Waals surface area contributed by atoms with Gasteiger partial charge in [0.1, 0.15) is 10.6 Å². The van der Waals surface area contributed by atoms with Crippen molar-refractivity contribution in [2.24, 2.45) is 0 Å². The van der Waals surface area contributed by atoms with Gasteiger partial charge in [0, 0.05) is 24.0 Å². The highest BCUT2D eigenvalue weighted by Gasteiger charge is 2.36. The number of halogens is 1. The van der Waals surface area contributed by atoms with Gasteiger partial charge in [0.15, 0.2) is 5.82 Å². The summed E-state index contributed by atoms with van der Waals surface area (Å²) >= 11 is 5.93. The summed E-state index contributed by atoms with van der Waals surface area (Å²) in [6.07, 6.45) is 1.88. The third-order valence-electron chi connectivity index (χ3n) is 3.64. The number of aromatic nitrogens is 2. The summed E-state index contributed by atoms with van der Waals surface area (Å²) in [4.78, 5) is 4.06. The molecule has 0 saturated carbocycles. The molecule has 0 unspecified atom stereocenters. The molecule has 1 saturated heterocycles. The van der Waals surface area contributed by atoms with Crippen LogP contribution in [-0.4, -0.2) is 43.1 Å². The molecule has 0 aliphatic carbocycles. The van der Waals surface area contributed by atoms with Crippen LogP contribution in [0.4, 0.5) is 0 Å². The van der Waals surface area contributed by atoms with Gasteiger partial charge >= 0.3 is 0 Å². The monoisotopic (exact) mass is 343 g/mol. The highest BCUT2D eigenvalue weighted by atomic mass is 35.5. The smallest absolute Gasteiger partial charge is 0.246 e. The molecule has 9 heteroatoms. The summed E-state index contributed by atoms with van der Waals surface area (Å²) in [5.74, 6) is 0.724. The minimum absolute atomic E-state index is 0.0660. The average molecular weight is 344 g/mol. The molecular formula is C13H14ClN3O4S. The fourth-order valence-electron chi connectivity index (χ4n) is 2.51. The maximum Gasteiger partial charge on any atom is 0.246 e. The summed E-state index contributed by atoms with van der Waals surface area (Å²) < 4.78 is 36.9. The number of benzene rings is 1. The summed E-state index contributed by atoms with van der Waals surface area (Å²) in [6.45, 7) is 0.689. The van der Waals surface area contributed by atoms with Crippen molar-refractivity contribution in [1.29, 1.82) is 0 Å².